The first-order valence-corrected chi connectivity index (χ1v) is 7.51. The van der Waals surface area contributed by atoms with Crippen molar-refractivity contribution in [2.75, 3.05) is 7.11 Å². The van der Waals surface area contributed by atoms with Gasteiger partial charge < -0.3 is 15.2 Å². The van der Waals surface area contributed by atoms with E-state index in [1.165, 1.54) is 13.3 Å². The Morgan fingerprint density at radius 2 is 1.92 bits per heavy atom. The van der Waals surface area contributed by atoms with Crippen LogP contribution in [0.3, 0.4) is 0 Å². The molecular weight excluding hydrogens is 308 g/mol. The lowest BCUT2D eigenvalue weighted by Gasteiger charge is -2.19. The number of hydrogen-bond donors (Lipinski definition) is 2. The van der Waals surface area contributed by atoms with E-state index < -0.39 is 17.9 Å². The first-order chi connectivity index (χ1) is 11.4. The summed E-state index contributed by atoms with van der Waals surface area (Å²) in [6.45, 7) is 3.69. The normalized spacial score (nSPS) is 11.6. The van der Waals surface area contributed by atoms with Gasteiger partial charge in [-0.3, -0.25) is 9.78 Å². The minimum absolute atomic E-state index is 0.167. The molecule has 0 saturated heterocycles. The Bertz CT molecular complexity index is 721. The number of esters is 1. The van der Waals surface area contributed by atoms with Crippen LogP contribution in [0.15, 0.2) is 36.5 Å². The van der Waals surface area contributed by atoms with Gasteiger partial charge in [-0.1, -0.05) is 6.07 Å². The largest absolute Gasteiger partial charge is 0.508 e. The fraction of sp³-hybridized carbons (Fsp3) is 0.278. The number of aromatic hydroxyl groups is 1. The number of nitrogens with zero attached hydrogens (tertiary/aromatic N) is 1. The van der Waals surface area contributed by atoms with E-state index in [2.05, 4.69) is 10.3 Å². The zero-order valence-electron chi connectivity index (χ0n) is 13.9. The van der Waals surface area contributed by atoms with Crippen LogP contribution < -0.4 is 5.32 Å². The third-order valence-corrected chi connectivity index (χ3v) is 3.78. The van der Waals surface area contributed by atoms with Crippen molar-refractivity contribution in [2.24, 2.45) is 0 Å². The molecule has 1 aromatic heterocycles. The molecule has 0 radical (unpaired) electrons. The number of benzene rings is 1. The number of pyridine rings is 1. The van der Waals surface area contributed by atoms with Crippen molar-refractivity contribution < 1.29 is 19.4 Å². The minimum atomic E-state index is -0.841. The summed E-state index contributed by atoms with van der Waals surface area (Å²) >= 11 is 0. The Labute approximate surface area is 140 Å². The molecule has 2 aromatic rings. The van der Waals surface area contributed by atoms with Crippen molar-refractivity contribution >= 4 is 11.9 Å². The van der Waals surface area contributed by atoms with Gasteiger partial charge in [-0.25, -0.2) is 4.79 Å². The van der Waals surface area contributed by atoms with Gasteiger partial charge in [0.25, 0.3) is 5.91 Å². The van der Waals surface area contributed by atoms with E-state index in [4.69, 9.17) is 4.74 Å². The quantitative estimate of drug-likeness (QED) is 0.819. The number of nitrogens with one attached hydrogen (secondary N) is 1. The zero-order valence-corrected chi connectivity index (χ0v) is 13.9. The van der Waals surface area contributed by atoms with Crippen molar-refractivity contribution in [2.45, 2.75) is 26.3 Å². The lowest BCUT2D eigenvalue weighted by atomic mass is 9.96. The molecule has 0 bridgehead atoms. The SMILES string of the molecule is COC(=O)[C@H](Cc1c(C)cc(O)cc1C)NC(=O)c1ccccn1. The van der Waals surface area contributed by atoms with Crippen LogP contribution in [-0.2, 0) is 16.0 Å². The Hall–Kier alpha value is -2.89. The highest BCUT2D eigenvalue weighted by Gasteiger charge is 2.24. The first kappa shape index (κ1) is 17.5. The van der Waals surface area contributed by atoms with E-state index in [1.54, 1.807) is 30.3 Å². The molecule has 0 spiro atoms. The van der Waals surface area contributed by atoms with Crippen LogP contribution in [0.5, 0.6) is 5.75 Å². The molecule has 1 amide bonds. The van der Waals surface area contributed by atoms with Crippen molar-refractivity contribution in [1.82, 2.24) is 10.3 Å². The van der Waals surface area contributed by atoms with Gasteiger partial charge in [0.05, 0.1) is 7.11 Å². The summed E-state index contributed by atoms with van der Waals surface area (Å²) in [6.07, 6.45) is 1.78. The van der Waals surface area contributed by atoms with Crippen LogP contribution in [-0.4, -0.2) is 35.1 Å². The molecule has 126 valence electrons. The summed E-state index contributed by atoms with van der Waals surface area (Å²) in [5.41, 5.74) is 2.79. The Kier molecular flexibility index (Phi) is 5.52. The Morgan fingerprint density at radius 3 is 2.46 bits per heavy atom. The molecule has 24 heavy (non-hydrogen) atoms. The highest BCUT2D eigenvalue weighted by molar-refractivity contribution is 5.95. The predicted octanol–water partition coefficient (Wildman–Crippen LogP) is 1.92. The third kappa shape index (κ3) is 4.10. The number of ether oxygens (including phenoxy) is 1. The summed E-state index contributed by atoms with van der Waals surface area (Å²) in [5, 5.41) is 12.3. The number of carbonyl (C=O) groups is 2. The molecule has 0 saturated carbocycles. The van der Waals surface area contributed by atoms with E-state index in [1.807, 2.05) is 13.8 Å². The van der Waals surface area contributed by atoms with Crippen molar-refractivity contribution in [3.63, 3.8) is 0 Å². The van der Waals surface area contributed by atoms with Crippen molar-refractivity contribution in [3.05, 3.63) is 58.9 Å². The smallest absolute Gasteiger partial charge is 0.328 e. The second kappa shape index (κ2) is 7.59. The van der Waals surface area contributed by atoms with E-state index in [9.17, 15) is 14.7 Å². The highest BCUT2D eigenvalue weighted by Crippen LogP contribution is 2.22. The van der Waals surface area contributed by atoms with Gasteiger partial charge in [0.1, 0.15) is 17.5 Å². The molecule has 1 heterocycles. The van der Waals surface area contributed by atoms with Gasteiger partial charge >= 0.3 is 5.97 Å². The number of amides is 1. The van der Waals surface area contributed by atoms with Gasteiger partial charge in [-0.15, -0.1) is 0 Å². The molecule has 6 heteroatoms. The maximum absolute atomic E-state index is 12.3. The van der Waals surface area contributed by atoms with E-state index in [0.717, 1.165) is 16.7 Å². The summed E-state index contributed by atoms with van der Waals surface area (Å²) in [7, 11) is 1.28. The molecule has 6 nitrogen and oxygen atoms in total. The molecule has 1 atom stereocenters. The highest BCUT2D eigenvalue weighted by atomic mass is 16.5. The molecular formula is C18H20N2O4. The van der Waals surface area contributed by atoms with Gasteiger partial charge in [0, 0.05) is 12.6 Å². The van der Waals surface area contributed by atoms with Crippen LogP contribution in [0.25, 0.3) is 0 Å². The summed E-state index contributed by atoms with van der Waals surface area (Å²) in [5.74, 6) is -0.813. The molecule has 2 rings (SSSR count). The van der Waals surface area contributed by atoms with E-state index in [-0.39, 0.29) is 17.9 Å². The number of hydrogen-bond acceptors (Lipinski definition) is 5. The fourth-order valence-electron chi connectivity index (χ4n) is 2.56. The van der Waals surface area contributed by atoms with Crippen LogP contribution in [0.4, 0.5) is 0 Å². The van der Waals surface area contributed by atoms with Gasteiger partial charge in [0.2, 0.25) is 0 Å². The summed E-state index contributed by atoms with van der Waals surface area (Å²) < 4.78 is 4.80. The molecule has 1 aromatic carbocycles. The lowest BCUT2D eigenvalue weighted by Crippen LogP contribution is -2.43. The summed E-state index contributed by atoms with van der Waals surface area (Å²) in [6, 6.07) is 7.38. The van der Waals surface area contributed by atoms with Crippen molar-refractivity contribution in [3.8, 4) is 5.75 Å². The van der Waals surface area contributed by atoms with Crippen LogP contribution in [0.2, 0.25) is 0 Å². The first-order valence-electron chi connectivity index (χ1n) is 7.51. The average Bonchev–Trinajstić information content (AvgIpc) is 2.56. The Morgan fingerprint density at radius 1 is 1.25 bits per heavy atom. The van der Waals surface area contributed by atoms with Crippen molar-refractivity contribution in [1.29, 1.82) is 0 Å². The molecule has 0 fully saturated rings. The monoisotopic (exact) mass is 328 g/mol. The third-order valence-electron chi connectivity index (χ3n) is 3.78. The van der Waals surface area contributed by atoms with Gasteiger partial charge in [-0.05, 0) is 54.8 Å². The molecule has 0 unspecified atom stereocenters. The van der Waals surface area contributed by atoms with Crippen LogP contribution in [0.1, 0.15) is 27.2 Å². The van der Waals surface area contributed by atoms with Gasteiger partial charge in [0.15, 0.2) is 0 Å². The second-order valence-electron chi connectivity index (χ2n) is 5.53. The number of rotatable bonds is 5. The number of aromatic nitrogens is 1. The fourth-order valence-corrected chi connectivity index (χ4v) is 2.56. The topological polar surface area (TPSA) is 88.5 Å². The number of phenolic OH excluding ortho intramolecular Hbond substituents is 1. The van der Waals surface area contributed by atoms with E-state index in [0.29, 0.717) is 0 Å². The van der Waals surface area contributed by atoms with Gasteiger partial charge in [-0.2, -0.15) is 0 Å². The summed E-state index contributed by atoms with van der Waals surface area (Å²) in [4.78, 5) is 28.3. The van der Waals surface area contributed by atoms with E-state index >= 15 is 0 Å². The number of aryl methyl sites for hydroxylation is 2. The maximum Gasteiger partial charge on any atom is 0.328 e. The van der Waals surface area contributed by atoms with Crippen LogP contribution in [0, 0.1) is 13.8 Å². The Balaban J connectivity index is 2.24. The molecule has 0 aliphatic rings. The lowest BCUT2D eigenvalue weighted by molar-refractivity contribution is -0.142. The molecule has 0 aliphatic carbocycles. The predicted molar refractivity (Wildman–Crippen MR) is 88.8 cm³/mol. The second-order valence-corrected chi connectivity index (χ2v) is 5.53. The molecule has 0 aliphatic heterocycles. The number of carbonyl (C=O) groups excluding carboxylic acids is 2. The standard InChI is InChI=1S/C18H20N2O4/c1-11-8-13(21)9-12(2)14(11)10-16(18(23)24-3)20-17(22)15-6-4-5-7-19-15/h4-9,16,21H,10H2,1-3H3,(H,20,22)/t16-/m0/s1. The zero-order chi connectivity index (χ0) is 17.7. The average molecular weight is 328 g/mol. The number of methoxy groups -OCH3 is 1. The maximum atomic E-state index is 12.3. The van der Waals surface area contributed by atoms with Crippen LogP contribution >= 0.6 is 0 Å². The minimum Gasteiger partial charge on any atom is -0.508 e. The molecule has 2 N–H and O–H groups in total. The number of phenols is 1.